The van der Waals surface area contributed by atoms with Gasteiger partial charge >= 0.3 is 0 Å². The van der Waals surface area contributed by atoms with E-state index in [4.69, 9.17) is 4.74 Å². The fraction of sp³-hybridized carbons (Fsp3) is 1.00. The molecule has 0 saturated carbocycles. The summed E-state index contributed by atoms with van der Waals surface area (Å²) in [6.07, 6.45) is 7.03. The van der Waals surface area contributed by atoms with Crippen LogP contribution >= 0.6 is 0 Å². The summed E-state index contributed by atoms with van der Waals surface area (Å²) in [5.41, 5.74) is 0. The number of piperidine rings is 1. The van der Waals surface area contributed by atoms with Crippen molar-refractivity contribution in [3.05, 3.63) is 0 Å². The van der Waals surface area contributed by atoms with E-state index in [0.29, 0.717) is 12.1 Å². The standard InChI is InChI=1S/C13H26N2O/c1-11(13-7-5-9-16-13)14-10-12-6-3-4-8-15(12)2/h11-14H,3-10H2,1-2H3. The van der Waals surface area contributed by atoms with Gasteiger partial charge in [-0.15, -0.1) is 0 Å². The largest absolute Gasteiger partial charge is 0.377 e. The second kappa shape index (κ2) is 5.99. The van der Waals surface area contributed by atoms with Gasteiger partial charge in [0.1, 0.15) is 0 Å². The van der Waals surface area contributed by atoms with Crippen LogP contribution in [-0.2, 0) is 4.74 Å². The Hall–Kier alpha value is -0.120. The Bertz CT molecular complexity index is 204. The van der Waals surface area contributed by atoms with Crippen LogP contribution in [0.2, 0.25) is 0 Å². The van der Waals surface area contributed by atoms with Crippen LogP contribution in [0, 0.1) is 0 Å². The quantitative estimate of drug-likeness (QED) is 0.788. The summed E-state index contributed by atoms with van der Waals surface area (Å²) >= 11 is 0. The normalized spacial score (nSPS) is 34.1. The zero-order valence-corrected chi connectivity index (χ0v) is 10.7. The molecule has 0 bridgehead atoms. The Morgan fingerprint density at radius 1 is 1.31 bits per heavy atom. The van der Waals surface area contributed by atoms with Gasteiger partial charge in [0.05, 0.1) is 6.10 Å². The fourth-order valence-electron chi connectivity index (χ4n) is 2.85. The maximum absolute atomic E-state index is 5.71. The molecule has 3 heteroatoms. The molecular formula is C13H26N2O. The van der Waals surface area contributed by atoms with Crippen LogP contribution in [0.15, 0.2) is 0 Å². The molecule has 3 unspecified atom stereocenters. The second-order valence-corrected chi connectivity index (χ2v) is 5.38. The van der Waals surface area contributed by atoms with Crippen LogP contribution in [0.1, 0.15) is 39.0 Å². The SMILES string of the molecule is CC(NCC1CCCCN1C)C1CCCO1. The number of ether oxygens (including phenoxy) is 1. The topological polar surface area (TPSA) is 24.5 Å². The van der Waals surface area contributed by atoms with Crippen LogP contribution in [0.25, 0.3) is 0 Å². The molecule has 94 valence electrons. The van der Waals surface area contributed by atoms with Crippen molar-refractivity contribution in [1.82, 2.24) is 10.2 Å². The van der Waals surface area contributed by atoms with E-state index in [1.54, 1.807) is 0 Å². The first-order valence-corrected chi connectivity index (χ1v) is 6.82. The molecule has 0 radical (unpaired) electrons. The first kappa shape index (κ1) is 12.3. The molecule has 3 atom stereocenters. The molecule has 16 heavy (non-hydrogen) atoms. The van der Waals surface area contributed by atoms with Gasteiger partial charge in [-0.1, -0.05) is 6.42 Å². The number of likely N-dealkylation sites (N-methyl/N-ethyl adjacent to an activating group) is 1. The van der Waals surface area contributed by atoms with Crippen molar-refractivity contribution < 1.29 is 4.74 Å². The third kappa shape index (κ3) is 3.19. The Morgan fingerprint density at radius 2 is 2.19 bits per heavy atom. The van der Waals surface area contributed by atoms with Crippen LogP contribution in [0.5, 0.6) is 0 Å². The first-order chi connectivity index (χ1) is 7.77. The molecule has 3 nitrogen and oxygen atoms in total. The third-order valence-corrected chi connectivity index (χ3v) is 4.12. The van der Waals surface area contributed by atoms with Gasteiger partial charge in [0.15, 0.2) is 0 Å². The summed E-state index contributed by atoms with van der Waals surface area (Å²) in [4.78, 5) is 2.50. The van der Waals surface area contributed by atoms with Crippen LogP contribution < -0.4 is 5.32 Å². The zero-order valence-electron chi connectivity index (χ0n) is 10.7. The minimum Gasteiger partial charge on any atom is -0.377 e. The van der Waals surface area contributed by atoms with Gasteiger partial charge in [-0.3, -0.25) is 0 Å². The molecule has 0 amide bonds. The van der Waals surface area contributed by atoms with Crippen molar-refractivity contribution in [2.24, 2.45) is 0 Å². The van der Waals surface area contributed by atoms with E-state index in [9.17, 15) is 0 Å². The molecule has 0 aromatic rings. The van der Waals surface area contributed by atoms with E-state index in [0.717, 1.165) is 19.2 Å². The van der Waals surface area contributed by atoms with Gasteiger partial charge in [0.25, 0.3) is 0 Å². The Labute approximate surface area is 99.5 Å². The zero-order chi connectivity index (χ0) is 11.4. The minimum absolute atomic E-state index is 0.453. The predicted octanol–water partition coefficient (Wildman–Crippen LogP) is 1.63. The van der Waals surface area contributed by atoms with E-state index in [1.807, 2.05) is 0 Å². The number of hydrogen-bond acceptors (Lipinski definition) is 3. The predicted molar refractivity (Wildman–Crippen MR) is 66.7 cm³/mol. The van der Waals surface area contributed by atoms with Crippen molar-refractivity contribution in [3.63, 3.8) is 0 Å². The van der Waals surface area contributed by atoms with Gasteiger partial charge < -0.3 is 15.0 Å². The average molecular weight is 226 g/mol. The Balaban J connectivity index is 1.69. The molecule has 1 N–H and O–H groups in total. The number of nitrogens with one attached hydrogen (secondary N) is 1. The number of rotatable bonds is 4. The Kier molecular flexibility index (Phi) is 4.62. The van der Waals surface area contributed by atoms with E-state index in [-0.39, 0.29) is 0 Å². The van der Waals surface area contributed by atoms with Gasteiger partial charge in [-0.25, -0.2) is 0 Å². The summed E-state index contributed by atoms with van der Waals surface area (Å²) < 4.78 is 5.71. The van der Waals surface area contributed by atoms with Crippen molar-refractivity contribution in [1.29, 1.82) is 0 Å². The lowest BCUT2D eigenvalue weighted by atomic mass is 10.0. The number of hydrogen-bond donors (Lipinski definition) is 1. The monoisotopic (exact) mass is 226 g/mol. The van der Waals surface area contributed by atoms with E-state index in [2.05, 4.69) is 24.2 Å². The summed E-state index contributed by atoms with van der Waals surface area (Å²) in [7, 11) is 2.25. The van der Waals surface area contributed by atoms with Crippen molar-refractivity contribution in [3.8, 4) is 0 Å². The molecule has 0 aromatic carbocycles. The lowest BCUT2D eigenvalue weighted by Crippen LogP contribution is -2.47. The van der Waals surface area contributed by atoms with Crippen LogP contribution in [0.4, 0.5) is 0 Å². The van der Waals surface area contributed by atoms with E-state index in [1.165, 1.54) is 38.6 Å². The second-order valence-electron chi connectivity index (χ2n) is 5.38. The lowest BCUT2D eigenvalue weighted by Gasteiger charge is -2.34. The highest BCUT2D eigenvalue weighted by Crippen LogP contribution is 2.17. The molecule has 2 aliphatic heterocycles. The lowest BCUT2D eigenvalue weighted by molar-refractivity contribution is 0.0786. The molecule has 2 aliphatic rings. The van der Waals surface area contributed by atoms with Crippen molar-refractivity contribution in [2.75, 3.05) is 26.7 Å². The molecule has 0 aliphatic carbocycles. The molecular weight excluding hydrogens is 200 g/mol. The highest BCUT2D eigenvalue weighted by atomic mass is 16.5. The average Bonchev–Trinajstić information content (AvgIpc) is 2.81. The smallest absolute Gasteiger partial charge is 0.0726 e. The summed E-state index contributed by atoms with van der Waals surface area (Å²) in [6.45, 7) is 5.61. The highest BCUT2D eigenvalue weighted by molar-refractivity contribution is 4.81. The summed E-state index contributed by atoms with van der Waals surface area (Å²) in [5, 5.41) is 3.66. The number of likely N-dealkylation sites (tertiary alicyclic amines) is 1. The van der Waals surface area contributed by atoms with E-state index >= 15 is 0 Å². The molecule has 0 spiro atoms. The maximum Gasteiger partial charge on any atom is 0.0726 e. The van der Waals surface area contributed by atoms with Gasteiger partial charge in [-0.05, 0) is 46.2 Å². The third-order valence-electron chi connectivity index (χ3n) is 4.12. The van der Waals surface area contributed by atoms with Gasteiger partial charge in [0.2, 0.25) is 0 Å². The fourth-order valence-corrected chi connectivity index (χ4v) is 2.85. The molecule has 2 rings (SSSR count). The Morgan fingerprint density at radius 3 is 2.88 bits per heavy atom. The summed E-state index contributed by atoms with van der Waals surface area (Å²) in [6, 6.07) is 1.25. The van der Waals surface area contributed by atoms with Crippen LogP contribution in [0.3, 0.4) is 0 Å². The highest BCUT2D eigenvalue weighted by Gasteiger charge is 2.24. The molecule has 0 aromatic heterocycles. The van der Waals surface area contributed by atoms with Crippen molar-refractivity contribution >= 4 is 0 Å². The maximum atomic E-state index is 5.71. The van der Waals surface area contributed by atoms with Crippen molar-refractivity contribution in [2.45, 2.75) is 57.2 Å². The number of nitrogens with zero attached hydrogens (tertiary/aromatic N) is 1. The molecule has 2 saturated heterocycles. The molecule has 2 fully saturated rings. The minimum atomic E-state index is 0.453. The van der Waals surface area contributed by atoms with Gasteiger partial charge in [0, 0.05) is 25.2 Å². The summed E-state index contributed by atoms with van der Waals surface area (Å²) in [5.74, 6) is 0. The van der Waals surface area contributed by atoms with E-state index < -0.39 is 0 Å². The first-order valence-electron chi connectivity index (χ1n) is 6.82. The van der Waals surface area contributed by atoms with Gasteiger partial charge in [-0.2, -0.15) is 0 Å². The van der Waals surface area contributed by atoms with Crippen LogP contribution in [-0.4, -0.2) is 49.8 Å². The molecule has 2 heterocycles.